The maximum atomic E-state index is 13.5. The zero-order valence-electron chi connectivity index (χ0n) is 18.6. The van der Waals surface area contributed by atoms with Crippen molar-refractivity contribution in [3.63, 3.8) is 0 Å². The van der Waals surface area contributed by atoms with Gasteiger partial charge in [0.15, 0.2) is 5.78 Å². The molecular weight excluding hydrogens is 458 g/mol. The number of morpholine rings is 1. The lowest BCUT2D eigenvalue weighted by Gasteiger charge is -2.27. The Morgan fingerprint density at radius 2 is 1.94 bits per heavy atom. The summed E-state index contributed by atoms with van der Waals surface area (Å²) in [5.74, 6) is -0.213. The summed E-state index contributed by atoms with van der Waals surface area (Å²) in [5, 5.41) is 16.7. The number of urea groups is 2. The molecular formula is C22H23N7O4S. The van der Waals surface area contributed by atoms with Crippen LogP contribution < -0.4 is 16.1 Å². The van der Waals surface area contributed by atoms with Crippen molar-refractivity contribution in [2.75, 3.05) is 51.0 Å². The van der Waals surface area contributed by atoms with Crippen LogP contribution in [0.5, 0.6) is 0 Å². The maximum Gasteiger partial charge on any atom is 0.333 e. The van der Waals surface area contributed by atoms with E-state index in [9.17, 15) is 14.4 Å². The monoisotopic (exact) mass is 481 g/mol. The summed E-state index contributed by atoms with van der Waals surface area (Å²) >= 11 is 1.32. The summed E-state index contributed by atoms with van der Waals surface area (Å²) in [5.41, 5.74) is 5.31. The SMILES string of the molecule is CN(C)C(=O)Nc1ccc(C2=C3C(=O)c4c(NC(=O)NN5CCOCC5)cccc4C3N=N2)s1. The van der Waals surface area contributed by atoms with Gasteiger partial charge in [0, 0.05) is 27.2 Å². The highest BCUT2D eigenvalue weighted by Gasteiger charge is 2.42. The van der Waals surface area contributed by atoms with Crippen molar-refractivity contribution in [3.8, 4) is 0 Å². The number of carbonyl (C=O) groups is 3. The van der Waals surface area contributed by atoms with E-state index in [1.807, 2.05) is 12.1 Å². The third-order valence-corrected chi connectivity index (χ3v) is 6.67. The molecule has 11 nitrogen and oxygen atoms in total. The molecule has 3 N–H and O–H groups in total. The zero-order valence-corrected chi connectivity index (χ0v) is 19.4. The van der Waals surface area contributed by atoms with Gasteiger partial charge in [0.2, 0.25) is 0 Å². The number of amides is 4. The Balaban J connectivity index is 1.38. The molecule has 1 atom stereocenters. The molecule has 0 spiro atoms. The molecule has 12 heteroatoms. The minimum absolute atomic E-state index is 0.213. The van der Waals surface area contributed by atoms with Crippen LogP contribution in [0.2, 0.25) is 0 Å². The van der Waals surface area contributed by atoms with E-state index in [4.69, 9.17) is 4.74 Å². The van der Waals surface area contributed by atoms with Crippen LogP contribution in [0.25, 0.3) is 5.70 Å². The van der Waals surface area contributed by atoms with E-state index in [2.05, 4.69) is 26.3 Å². The molecule has 176 valence electrons. The van der Waals surface area contributed by atoms with Gasteiger partial charge in [-0.1, -0.05) is 12.1 Å². The maximum absolute atomic E-state index is 13.5. The second-order valence-corrected chi connectivity index (χ2v) is 9.22. The van der Waals surface area contributed by atoms with E-state index < -0.39 is 12.1 Å². The van der Waals surface area contributed by atoms with Gasteiger partial charge in [-0.2, -0.15) is 10.2 Å². The first-order valence-corrected chi connectivity index (χ1v) is 11.6. The standard InChI is InChI=1S/C22H23N7O4S/c1-28(2)22(32)24-15-7-6-14(34-15)19-17-18(25-26-19)12-4-3-5-13(16(12)20(17)30)23-21(31)27-29-8-10-33-11-9-29/h3-7,18H,8-11H2,1-2H3,(H,24,32)(H2,23,27,31). The molecule has 1 aromatic carbocycles. The van der Waals surface area contributed by atoms with E-state index in [0.717, 1.165) is 4.88 Å². The molecule has 3 heterocycles. The topological polar surface area (TPSA) is 128 Å². The van der Waals surface area contributed by atoms with E-state index in [1.54, 1.807) is 37.3 Å². The number of nitrogens with one attached hydrogen (secondary N) is 3. The van der Waals surface area contributed by atoms with E-state index in [0.29, 0.717) is 59.4 Å². The van der Waals surface area contributed by atoms with Crippen LogP contribution in [-0.2, 0) is 4.74 Å². The smallest absolute Gasteiger partial charge is 0.333 e. The van der Waals surface area contributed by atoms with Gasteiger partial charge in [0.1, 0.15) is 11.7 Å². The predicted octanol–water partition coefficient (Wildman–Crippen LogP) is 3.32. The number of rotatable bonds is 4. The van der Waals surface area contributed by atoms with Gasteiger partial charge in [-0.05, 0) is 23.8 Å². The molecule has 1 saturated heterocycles. The fourth-order valence-corrected chi connectivity index (χ4v) is 4.89. The molecule has 1 aromatic heterocycles. The lowest BCUT2D eigenvalue weighted by molar-refractivity contribution is 0.0207. The van der Waals surface area contributed by atoms with Gasteiger partial charge >= 0.3 is 12.1 Å². The minimum atomic E-state index is -0.511. The number of hydrogen-bond donors (Lipinski definition) is 3. The van der Waals surface area contributed by atoms with Crippen molar-refractivity contribution in [2.45, 2.75) is 6.04 Å². The zero-order chi connectivity index (χ0) is 23.8. The average Bonchev–Trinajstić information content (AvgIpc) is 3.51. The number of hydrogen-bond acceptors (Lipinski definition) is 8. The van der Waals surface area contributed by atoms with Crippen molar-refractivity contribution in [1.82, 2.24) is 15.3 Å². The quantitative estimate of drug-likeness (QED) is 0.617. The van der Waals surface area contributed by atoms with Crippen molar-refractivity contribution < 1.29 is 19.1 Å². The van der Waals surface area contributed by atoms with Crippen LogP contribution in [0.15, 0.2) is 46.1 Å². The van der Waals surface area contributed by atoms with Crippen LogP contribution in [0.1, 0.15) is 26.8 Å². The van der Waals surface area contributed by atoms with Gasteiger partial charge in [0.05, 0.1) is 39.9 Å². The van der Waals surface area contributed by atoms with Gasteiger partial charge in [-0.25, -0.2) is 14.6 Å². The van der Waals surface area contributed by atoms with Gasteiger partial charge < -0.3 is 15.0 Å². The van der Waals surface area contributed by atoms with E-state index >= 15 is 0 Å². The Morgan fingerprint density at radius 1 is 1.15 bits per heavy atom. The third kappa shape index (κ3) is 4.06. The molecule has 34 heavy (non-hydrogen) atoms. The second-order valence-electron chi connectivity index (χ2n) is 8.13. The number of ether oxygens (including phenoxy) is 1. The van der Waals surface area contributed by atoms with Gasteiger partial charge in [0.25, 0.3) is 0 Å². The normalized spacial score (nSPS) is 19.1. The summed E-state index contributed by atoms with van der Waals surface area (Å²) in [4.78, 5) is 40.1. The van der Waals surface area contributed by atoms with Gasteiger partial charge in [-0.15, -0.1) is 11.3 Å². The molecule has 0 saturated carbocycles. The van der Waals surface area contributed by atoms with Crippen LogP contribution in [0.3, 0.4) is 0 Å². The number of fused-ring (bicyclic) bond motifs is 3. The van der Waals surface area contributed by atoms with E-state index in [-0.39, 0.29) is 11.8 Å². The average molecular weight is 482 g/mol. The van der Waals surface area contributed by atoms with Crippen molar-refractivity contribution in [3.05, 3.63) is 51.9 Å². The molecule has 3 aliphatic rings. The van der Waals surface area contributed by atoms with Crippen molar-refractivity contribution >= 4 is 45.6 Å². The fraction of sp³-hybridized carbons (Fsp3) is 0.318. The van der Waals surface area contributed by atoms with Crippen LogP contribution >= 0.6 is 11.3 Å². The number of thiophene rings is 1. The molecule has 1 unspecified atom stereocenters. The number of Topliss-reactive ketones (excluding diaryl/α,β-unsaturated/α-hetero) is 1. The number of nitrogens with zero attached hydrogens (tertiary/aromatic N) is 4. The highest BCUT2D eigenvalue weighted by molar-refractivity contribution is 7.17. The predicted molar refractivity (Wildman–Crippen MR) is 127 cm³/mol. The number of azo groups is 1. The Morgan fingerprint density at radius 3 is 2.71 bits per heavy atom. The number of ketones is 1. The van der Waals surface area contributed by atoms with Crippen molar-refractivity contribution in [1.29, 1.82) is 0 Å². The summed E-state index contributed by atoms with van der Waals surface area (Å²) in [6, 6.07) is 7.72. The number of hydrazine groups is 1. The summed E-state index contributed by atoms with van der Waals surface area (Å²) in [6.45, 7) is 2.28. The highest BCUT2D eigenvalue weighted by Crippen LogP contribution is 2.50. The first kappa shape index (κ1) is 22.2. The summed E-state index contributed by atoms with van der Waals surface area (Å²) < 4.78 is 5.29. The molecule has 2 aliphatic heterocycles. The lowest BCUT2D eigenvalue weighted by Crippen LogP contribution is -2.49. The Kier molecular flexibility index (Phi) is 5.86. The Hall–Kier alpha value is -3.61. The highest BCUT2D eigenvalue weighted by atomic mass is 32.1. The molecule has 1 fully saturated rings. The minimum Gasteiger partial charge on any atom is -0.379 e. The molecule has 5 rings (SSSR count). The lowest BCUT2D eigenvalue weighted by atomic mass is 10.1. The molecule has 1 aliphatic carbocycles. The number of carbonyl (C=O) groups excluding carboxylic acids is 3. The summed E-state index contributed by atoms with van der Waals surface area (Å²) in [6.07, 6.45) is 0. The largest absolute Gasteiger partial charge is 0.379 e. The molecule has 4 amide bonds. The van der Waals surface area contributed by atoms with Crippen LogP contribution in [0, 0.1) is 0 Å². The number of benzene rings is 1. The van der Waals surface area contributed by atoms with Crippen LogP contribution in [0.4, 0.5) is 20.3 Å². The first-order valence-electron chi connectivity index (χ1n) is 10.7. The van der Waals surface area contributed by atoms with Gasteiger partial charge in [-0.3, -0.25) is 15.5 Å². The number of anilines is 2. The Bertz CT molecular complexity index is 1230. The van der Waals surface area contributed by atoms with Crippen LogP contribution in [-0.4, -0.2) is 68.2 Å². The summed E-state index contributed by atoms with van der Waals surface area (Å²) in [7, 11) is 3.32. The molecule has 0 radical (unpaired) electrons. The molecule has 2 aromatic rings. The molecule has 0 bridgehead atoms. The fourth-order valence-electron chi connectivity index (χ4n) is 4.00. The Labute approximate surface area is 199 Å². The van der Waals surface area contributed by atoms with E-state index in [1.165, 1.54) is 16.2 Å². The first-order chi connectivity index (χ1) is 16.4. The second kappa shape index (κ2) is 8.97. The van der Waals surface area contributed by atoms with Crippen molar-refractivity contribution in [2.24, 2.45) is 10.2 Å². The third-order valence-electron chi connectivity index (χ3n) is 5.66.